The summed E-state index contributed by atoms with van der Waals surface area (Å²) in [6.07, 6.45) is 0. The summed E-state index contributed by atoms with van der Waals surface area (Å²) < 4.78 is 0. The quantitative estimate of drug-likeness (QED) is 0.314. The van der Waals surface area contributed by atoms with Gasteiger partial charge in [-0.1, -0.05) is 0 Å². The number of carbonyl (C=O) groups is 1. The van der Waals surface area contributed by atoms with Crippen LogP contribution in [0.1, 0.15) is 6.92 Å². The van der Waals surface area contributed by atoms with E-state index < -0.39 is 4.92 Å². The summed E-state index contributed by atoms with van der Waals surface area (Å²) in [4.78, 5) is 25.3. The standard InChI is InChI=1S/C9H14N6O3/c1-2-11-8(16)5-12-9-6(15(17)18)3-4-7(13-9)14-10/h3-4H,2,5,10H2,1H3,(H,11,16)(H2,12,13,14). The molecule has 0 radical (unpaired) electrons. The van der Waals surface area contributed by atoms with Crippen LogP contribution in [0.25, 0.3) is 0 Å². The molecule has 1 aromatic rings. The SMILES string of the molecule is CCNC(=O)CNc1nc(NN)ccc1[N+](=O)[O-]. The Balaban J connectivity index is 2.84. The van der Waals surface area contributed by atoms with Gasteiger partial charge in [-0.05, 0) is 13.0 Å². The third-order valence-electron chi connectivity index (χ3n) is 2.01. The number of nitro groups is 1. The number of amides is 1. The molecule has 0 saturated heterocycles. The number of pyridine rings is 1. The predicted molar refractivity (Wildman–Crippen MR) is 65.9 cm³/mol. The van der Waals surface area contributed by atoms with E-state index >= 15 is 0 Å². The Morgan fingerprint density at radius 1 is 1.56 bits per heavy atom. The molecule has 0 unspecified atom stereocenters. The highest BCUT2D eigenvalue weighted by Crippen LogP contribution is 2.23. The lowest BCUT2D eigenvalue weighted by Gasteiger charge is -2.07. The molecule has 0 saturated carbocycles. The molecule has 1 amide bonds. The predicted octanol–water partition coefficient (Wildman–Crippen LogP) is -0.177. The third-order valence-corrected chi connectivity index (χ3v) is 2.01. The maximum Gasteiger partial charge on any atom is 0.311 e. The fraction of sp³-hybridized carbons (Fsp3) is 0.333. The van der Waals surface area contributed by atoms with Crippen LogP contribution in [0.5, 0.6) is 0 Å². The van der Waals surface area contributed by atoms with Crippen molar-refractivity contribution >= 4 is 23.2 Å². The zero-order valence-electron chi connectivity index (χ0n) is 9.77. The molecule has 0 aliphatic heterocycles. The highest BCUT2D eigenvalue weighted by Gasteiger charge is 2.16. The van der Waals surface area contributed by atoms with Crippen LogP contribution in [0.4, 0.5) is 17.3 Å². The summed E-state index contributed by atoms with van der Waals surface area (Å²) >= 11 is 0. The summed E-state index contributed by atoms with van der Waals surface area (Å²) in [6.45, 7) is 2.16. The zero-order chi connectivity index (χ0) is 13.5. The molecule has 1 rings (SSSR count). The van der Waals surface area contributed by atoms with E-state index in [0.717, 1.165) is 0 Å². The maximum absolute atomic E-state index is 11.2. The van der Waals surface area contributed by atoms with Gasteiger partial charge in [0.15, 0.2) is 0 Å². The van der Waals surface area contributed by atoms with Gasteiger partial charge in [-0.2, -0.15) is 0 Å². The maximum atomic E-state index is 11.2. The van der Waals surface area contributed by atoms with Gasteiger partial charge in [0.2, 0.25) is 11.7 Å². The van der Waals surface area contributed by atoms with Gasteiger partial charge in [0.1, 0.15) is 5.82 Å². The Kier molecular flexibility index (Phi) is 4.81. The van der Waals surface area contributed by atoms with Crippen LogP contribution in [0.3, 0.4) is 0 Å². The topological polar surface area (TPSA) is 135 Å². The van der Waals surface area contributed by atoms with E-state index in [9.17, 15) is 14.9 Å². The summed E-state index contributed by atoms with van der Waals surface area (Å²) in [5.41, 5.74) is 2.05. The second-order valence-electron chi connectivity index (χ2n) is 3.27. The van der Waals surface area contributed by atoms with Gasteiger partial charge in [0.05, 0.1) is 11.5 Å². The number of hydrogen-bond donors (Lipinski definition) is 4. The summed E-state index contributed by atoms with van der Waals surface area (Å²) in [6, 6.07) is 2.62. The van der Waals surface area contributed by atoms with Gasteiger partial charge in [0.25, 0.3) is 0 Å². The number of rotatable bonds is 6. The van der Waals surface area contributed by atoms with Gasteiger partial charge in [-0.3, -0.25) is 14.9 Å². The minimum atomic E-state index is -0.590. The molecule has 5 N–H and O–H groups in total. The summed E-state index contributed by atoms with van der Waals surface area (Å²) in [5, 5.41) is 15.9. The zero-order valence-corrected chi connectivity index (χ0v) is 9.77. The van der Waals surface area contributed by atoms with E-state index in [2.05, 4.69) is 21.0 Å². The number of nitrogen functional groups attached to an aromatic ring is 1. The van der Waals surface area contributed by atoms with E-state index in [0.29, 0.717) is 6.54 Å². The van der Waals surface area contributed by atoms with Crippen molar-refractivity contribution < 1.29 is 9.72 Å². The minimum absolute atomic E-state index is 0.0123. The number of hydrazine groups is 1. The smallest absolute Gasteiger partial charge is 0.311 e. The van der Waals surface area contributed by atoms with Crippen molar-refractivity contribution in [1.82, 2.24) is 10.3 Å². The molecule has 1 aromatic heterocycles. The normalized spacial score (nSPS) is 9.67. The first-order valence-corrected chi connectivity index (χ1v) is 5.21. The molecule has 9 nitrogen and oxygen atoms in total. The van der Waals surface area contributed by atoms with Crippen LogP contribution in [0.15, 0.2) is 12.1 Å². The molecule has 0 aromatic carbocycles. The number of nitrogens with one attached hydrogen (secondary N) is 3. The second kappa shape index (κ2) is 6.35. The molecular formula is C9H14N6O3. The third kappa shape index (κ3) is 3.56. The van der Waals surface area contributed by atoms with Crippen molar-refractivity contribution in [2.75, 3.05) is 23.8 Å². The van der Waals surface area contributed by atoms with E-state index in [-0.39, 0.29) is 29.8 Å². The van der Waals surface area contributed by atoms with Crippen molar-refractivity contribution in [3.63, 3.8) is 0 Å². The number of nitrogens with two attached hydrogens (primary N) is 1. The Hall–Kier alpha value is -2.42. The molecular weight excluding hydrogens is 240 g/mol. The first kappa shape index (κ1) is 13.6. The monoisotopic (exact) mass is 254 g/mol. The Bertz CT molecular complexity index is 450. The largest absolute Gasteiger partial charge is 0.355 e. The van der Waals surface area contributed by atoms with Gasteiger partial charge in [-0.25, -0.2) is 10.8 Å². The van der Waals surface area contributed by atoms with E-state index in [4.69, 9.17) is 5.84 Å². The molecule has 0 fully saturated rings. The minimum Gasteiger partial charge on any atom is -0.355 e. The molecule has 18 heavy (non-hydrogen) atoms. The average molecular weight is 254 g/mol. The van der Waals surface area contributed by atoms with Crippen LogP contribution in [0, 0.1) is 10.1 Å². The molecule has 0 bridgehead atoms. The molecule has 9 heteroatoms. The van der Waals surface area contributed by atoms with Crippen LogP contribution < -0.4 is 21.9 Å². The lowest BCUT2D eigenvalue weighted by Crippen LogP contribution is -2.29. The number of anilines is 2. The van der Waals surface area contributed by atoms with Gasteiger partial charge in [0, 0.05) is 12.6 Å². The summed E-state index contributed by atoms with van der Waals surface area (Å²) in [5.74, 6) is 5.13. The average Bonchev–Trinajstić information content (AvgIpc) is 2.36. The van der Waals surface area contributed by atoms with E-state index in [1.807, 2.05) is 0 Å². The van der Waals surface area contributed by atoms with Crippen molar-refractivity contribution in [3.8, 4) is 0 Å². The molecule has 0 aliphatic rings. The molecule has 0 atom stereocenters. The lowest BCUT2D eigenvalue weighted by atomic mass is 10.3. The highest BCUT2D eigenvalue weighted by atomic mass is 16.6. The molecule has 98 valence electrons. The molecule has 0 aliphatic carbocycles. The Labute approximate surface area is 103 Å². The second-order valence-corrected chi connectivity index (χ2v) is 3.27. The van der Waals surface area contributed by atoms with Crippen molar-refractivity contribution in [2.45, 2.75) is 6.92 Å². The van der Waals surface area contributed by atoms with E-state index in [1.165, 1.54) is 12.1 Å². The first-order valence-electron chi connectivity index (χ1n) is 5.21. The summed E-state index contributed by atoms with van der Waals surface area (Å²) in [7, 11) is 0. The Morgan fingerprint density at radius 3 is 2.83 bits per heavy atom. The van der Waals surface area contributed by atoms with Crippen LogP contribution in [-0.4, -0.2) is 28.9 Å². The fourth-order valence-electron chi connectivity index (χ4n) is 1.23. The van der Waals surface area contributed by atoms with Crippen molar-refractivity contribution in [2.24, 2.45) is 5.84 Å². The lowest BCUT2D eigenvalue weighted by molar-refractivity contribution is -0.384. The van der Waals surface area contributed by atoms with Gasteiger partial charge in [-0.15, -0.1) is 0 Å². The van der Waals surface area contributed by atoms with Crippen molar-refractivity contribution in [3.05, 3.63) is 22.2 Å². The molecule has 1 heterocycles. The van der Waals surface area contributed by atoms with Crippen LogP contribution in [-0.2, 0) is 4.79 Å². The highest BCUT2D eigenvalue weighted by molar-refractivity contribution is 5.81. The first-order chi connectivity index (χ1) is 8.58. The fourth-order valence-corrected chi connectivity index (χ4v) is 1.23. The van der Waals surface area contributed by atoms with Crippen molar-refractivity contribution in [1.29, 1.82) is 0 Å². The van der Waals surface area contributed by atoms with Gasteiger partial charge < -0.3 is 16.1 Å². The molecule has 0 spiro atoms. The number of carbonyl (C=O) groups excluding carboxylic acids is 1. The number of likely N-dealkylation sites (N-methyl/N-ethyl adjacent to an activating group) is 1. The number of nitrogens with zero attached hydrogens (tertiary/aromatic N) is 2. The van der Waals surface area contributed by atoms with Crippen LogP contribution in [0.2, 0.25) is 0 Å². The number of aromatic nitrogens is 1. The number of hydrogen-bond acceptors (Lipinski definition) is 7. The van der Waals surface area contributed by atoms with Gasteiger partial charge >= 0.3 is 5.69 Å². The van der Waals surface area contributed by atoms with Crippen LogP contribution >= 0.6 is 0 Å². The van der Waals surface area contributed by atoms with E-state index in [1.54, 1.807) is 6.92 Å². The Morgan fingerprint density at radius 2 is 2.28 bits per heavy atom.